The largest absolute Gasteiger partial charge is 0.495 e. The number of fused-ring (bicyclic) bond motifs is 1. The van der Waals surface area contributed by atoms with Crippen LogP contribution in [0.2, 0.25) is 0 Å². The van der Waals surface area contributed by atoms with Crippen molar-refractivity contribution in [2.45, 2.75) is 19.3 Å². The van der Waals surface area contributed by atoms with Crippen LogP contribution in [-0.2, 0) is 6.42 Å². The minimum atomic E-state index is -0.492. The van der Waals surface area contributed by atoms with Crippen molar-refractivity contribution in [3.63, 3.8) is 0 Å². The maximum Gasteiger partial charge on any atom is 0.252 e. The maximum absolute atomic E-state index is 13.1. The maximum atomic E-state index is 13.1. The lowest BCUT2D eigenvalue weighted by molar-refractivity contribution is 0.0997. The number of rotatable bonds is 5. The predicted molar refractivity (Wildman–Crippen MR) is 108 cm³/mol. The fraction of sp³-hybridized carbons (Fsp3) is 0.318. The number of halogens is 1. The molecule has 0 atom stereocenters. The van der Waals surface area contributed by atoms with E-state index in [1.165, 1.54) is 17.7 Å². The summed E-state index contributed by atoms with van der Waals surface area (Å²) in [6, 6.07) is 12.4. The summed E-state index contributed by atoms with van der Waals surface area (Å²) in [5.41, 5.74) is 8.04. The predicted octanol–water partition coefficient (Wildman–Crippen LogP) is 3.48. The molecule has 1 saturated heterocycles. The number of ether oxygens (including phenoxy) is 1. The summed E-state index contributed by atoms with van der Waals surface area (Å²) in [5.74, 6) is 0.440. The Hall–Kier alpha value is -3.02. The molecule has 0 unspecified atom stereocenters. The van der Waals surface area contributed by atoms with Gasteiger partial charge in [-0.2, -0.15) is 0 Å². The van der Waals surface area contributed by atoms with E-state index >= 15 is 0 Å². The number of primary amides is 1. The van der Waals surface area contributed by atoms with Gasteiger partial charge in [0.25, 0.3) is 5.91 Å². The zero-order chi connectivity index (χ0) is 19.7. The number of nitrogens with two attached hydrogens (primary N) is 1. The monoisotopic (exact) mass is 381 g/mol. The van der Waals surface area contributed by atoms with E-state index in [1.807, 2.05) is 30.5 Å². The number of methoxy groups -OCH3 is 1. The molecule has 0 spiro atoms. The second kappa shape index (κ2) is 7.54. The highest BCUT2D eigenvalue weighted by Gasteiger charge is 2.22. The van der Waals surface area contributed by atoms with Gasteiger partial charge >= 0.3 is 0 Å². The van der Waals surface area contributed by atoms with Crippen molar-refractivity contribution in [2.75, 3.05) is 25.2 Å². The minimum absolute atomic E-state index is 0.187. The highest BCUT2D eigenvalue weighted by molar-refractivity contribution is 6.02. The van der Waals surface area contributed by atoms with Crippen LogP contribution < -0.4 is 15.5 Å². The number of benzene rings is 2. The molecule has 1 amide bonds. The molecule has 1 aliphatic rings. The Morgan fingerprint density at radius 2 is 1.86 bits per heavy atom. The molecule has 3 aromatic rings. The van der Waals surface area contributed by atoms with Crippen LogP contribution in [0.15, 0.2) is 48.7 Å². The molecule has 0 aliphatic carbocycles. The lowest BCUT2D eigenvalue weighted by Gasteiger charge is -2.35. The van der Waals surface area contributed by atoms with Gasteiger partial charge in [0.05, 0.1) is 18.2 Å². The third-order valence-corrected chi connectivity index (χ3v) is 5.61. The van der Waals surface area contributed by atoms with Crippen LogP contribution in [0.5, 0.6) is 5.75 Å². The number of hydrogen-bond donors (Lipinski definition) is 1. The van der Waals surface area contributed by atoms with Crippen molar-refractivity contribution >= 4 is 16.8 Å². The van der Waals surface area contributed by atoms with Gasteiger partial charge in [0, 0.05) is 24.7 Å². The van der Waals surface area contributed by atoms with Crippen molar-refractivity contribution in [3.8, 4) is 5.75 Å². The second-order valence-electron chi connectivity index (χ2n) is 7.33. The average Bonchev–Trinajstić information content (AvgIpc) is 3.13. The molecule has 2 N–H and O–H groups in total. The van der Waals surface area contributed by atoms with Crippen LogP contribution in [0.4, 0.5) is 4.39 Å². The number of carbonyl (C=O) groups is 1. The van der Waals surface area contributed by atoms with Gasteiger partial charge in [-0.3, -0.25) is 9.47 Å². The van der Waals surface area contributed by atoms with Gasteiger partial charge in [-0.15, -0.1) is 0 Å². The molecule has 0 saturated carbocycles. The van der Waals surface area contributed by atoms with Crippen LogP contribution in [0.3, 0.4) is 0 Å². The summed E-state index contributed by atoms with van der Waals surface area (Å²) in [5, 5.41) is 3.19. The van der Waals surface area contributed by atoms with Gasteiger partial charge in [-0.05, 0) is 61.1 Å². The van der Waals surface area contributed by atoms with Crippen LogP contribution in [0, 0.1) is 11.7 Å². The first-order valence-electron chi connectivity index (χ1n) is 9.54. The fourth-order valence-corrected chi connectivity index (χ4v) is 4.13. The van der Waals surface area contributed by atoms with E-state index in [2.05, 4.69) is 9.69 Å². The van der Waals surface area contributed by atoms with E-state index in [4.69, 9.17) is 10.5 Å². The lowest BCUT2D eigenvalue weighted by Crippen LogP contribution is -2.41. The van der Waals surface area contributed by atoms with Crippen LogP contribution in [0.25, 0.3) is 10.9 Å². The van der Waals surface area contributed by atoms with Gasteiger partial charge < -0.3 is 15.5 Å². The molecule has 4 rings (SSSR count). The van der Waals surface area contributed by atoms with Crippen LogP contribution >= 0.6 is 0 Å². The smallest absolute Gasteiger partial charge is 0.252 e. The zero-order valence-electron chi connectivity index (χ0n) is 15.9. The second-order valence-corrected chi connectivity index (χ2v) is 7.33. The zero-order valence-corrected chi connectivity index (χ0v) is 15.9. The van der Waals surface area contributed by atoms with Gasteiger partial charge in [0.1, 0.15) is 11.6 Å². The summed E-state index contributed by atoms with van der Waals surface area (Å²) in [4.78, 5) is 11.6. The van der Waals surface area contributed by atoms with E-state index in [0.29, 0.717) is 17.2 Å². The van der Waals surface area contributed by atoms with Gasteiger partial charge in [-0.25, -0.2) is 4.39 Å². The van der Waals surface area contributed by atoms with Crippen LogP contribution in [0.1, 0.15) is 28.8 Å². The molecule has 28 heavy (non-hydrogen) atoms. The van der Waals surface area contributed by atoms with Crippen molar-refractivity contribution < 1.29 is 13.9 Å². The average molecular weight is 381 g/mol. The van der Waals surface area contributed by atoms with E-state index in [1.54, 1.807) is 13.2 Å². The normalized spacial score (nSPS) is 15.1. The fourth-order valence-electron chi connectivity index (χ4n) is 4.13. The highest BCUT2D eigenvalue weighted by atomic mass is 19.1. The summed E-state index contributed by atoms with van der Waals surface area (Å²) in [6.07, 6.45) is 5.15. The molecule has 1 aliphatic heterocycles. The first-order valence-corrected chi connectivity index (χ1v) is 9.54. The number of nitrogens with zero attached hydrogens (tertiary/aromatic N) is 2. The Bertz CT molecular complexity index is 989. The molecule has 2 heterocycles. The summed E-state index contributed by atoms with van der Waals surface area (Å²) < 4.78 is 20.7. The molecular formula is C22H24FN3O2. The topological polar surface area (TPSA) is 60.5 Å². The van der Waals surface area contributed by atoms with Crippen molar-refractivity contribution in [3.05, 3.63) is 65.6 Å². The Morgan fingerprint density at radius 3 is 2.50 bits per heavy atom. The summed E-state index contributed by atoms with van der Waals surface area (Å²) in [7, 11) is 1.56. The van der Waals surface area contributed by atoms with Gasteiger partial charge in [0.2, 0.25) is 0 Å². The number of hydrogen-bond acceptors (Lipinski definition) is 3. The molecule has 1 fully saturated rings. The van der Waals surface area contributed by atoms with Crippen molar-refractivity contribution in [1.29, 1.82) is 0 Å². The van der Waals surface area contributed by atoms with Gasteiger partial charge in [-0.1, -0.05) is 12.1 Å². The van der Waals surface area contributed by atoms with E-state index in [0.717, 1.165) is 43.3 Å². The number of carbonyl (C=O) groups excluding carboxylic acids is 1. The van der Waals surface area contributed by atoms with Crippen molar-refractivity contribution in [1.82, 2.24) is 4.68 Å². The molecule has 5 nitrogen and oxygen atoms in total. The molecule has 2 aromatic carbocycles. The standard InChI is InChI=1S/C22H24FN3O2/c1-28-21-18-10-13-26(20(18)7-6-19(21)22(24)27)25-11-8-16(9-12-25)14-15-2-4-17(23)5-3-15/h2-7,10,13,16H,8-9,11-12,14H2,1H3,(H2,24,27). The minimum Gasteiger partial charge on any atom is -0.495 e. The third-order valence-electron chi connectivity index (χ3n) is 5.61. The number of piperidine rings is 1. The quantitative estimate of drug-likeness (QED) is 0.736. The molecule has 1 aromatic heterocycles. The lowest BCUT2D eigenvalue weighted by atomic mass is 9.91. The highest BCUT2D eigenvalue weighted by Crippen LogP contribution is 2.31. The third kappa shape index (κ3) is 3.42. The number of amides is 1. The van der Waals surface area contributed by atoms with Crippen LogP contribution in [-0.4, -0.2) is 30.8 Å². The Kier molecular flexibility index (Phi) is 4.94. The Labute approximate surface area is 163 Å². The molecule has 146 valence electrons. The Morgan fingerprint density at radius 1 is 1.14 bits per heavy atom. The van der Waals surface area contributed by atoms with Crippen molar-refractivity contribution in [2.24, 2.45) is 11.7 Å². The van der Waals surface area contributed by atoms with E-state index in [-0.39, 0.29) is 5.82 Å². The SMILES string of the molecule is COc1c(C(N)=O)ccc2c1ccn2N1CCC(Cc2ccc(F)cc2)CC1. The molecule has 6 heteroatoms. The first-order chi connectivity index (χ1) is 13.6. The number of aromatic nitrogens is 1. The Balaban J connectivity index is 1.49. The van der Waals surface area contributed by atoms with E-state index in [9.17, 15) is 9.18 Å². The summed E-state index contributed by atoms with van der Waals surface area (Å²) >= 11 is 0. The summed E-state index contributed by atoms with van der Waals surface area (Å²) in [6.45, 7) is 1.88. The molecular weight excluding hydrogens is 357 g/mol. The first kappa shape index (κ1) is 18.3. The molecule has 0 radical (unpaired) electrons. The van der Waals surface area contributed by atoms with Gasteiger partial charge in [0.15, 0.2) is 0 Å². The van der Waals surface area contributed by atoms with E-state index < -0.39 is 5.91 Å². The molecule has 0 bridgehead atoms.